The summed E-state index contributed by atoms with van der Waals surface area (Å²) in [7, 11) is -4.54. The lowest BCUT2D eigenvalue weighted by atomic mass is 9.95. The number of hydrogen-bond acceptors (Lipinski definition) is 11. The molecule has 5 N–H and O–H groups in total. The van der Waals surface area contributed by atoms with Crippen LogP contribution in [0.3, 0.4) is 0 Å². The molecule has 6 atom stereocenters. The second-order valence-corrected chi connectivity index (χ2v) is 11.8. The fourth-order valence-electron chi connectivity index (χ4n) is 4.62. The molecule has 13 nitrogen and oxygen atoms in total. The van der Waals surface area contributed by atoms with Crippen molar-refractivity contribution in [1.29, 1.82) is 0 Å². The number of nitrogens with one attached hydrogen (secondary N) is 1. The number of benzene rings is 1. The largest absolute Gasteiger partial charge is 0.461 e. The van der Waals surface area contributed by atoms with Crippen LogP contribution in [0.4, 0.5) is 10.2 Å². The Hall–Kier alpha value is -2.87. The van der Waals surface area contributed by atoms with Crippen molar-refractivity contribution in [3.05, 3.63) is 53.1 Å². The average Bonchev–Trinajstić information content (AvgIpc) is 3.09. The first-order valence-electron chi connectivity index (χ1n) is 12.9. The summed E-state index contributed by atoms with van der Waals surface area (Å²) in [6.45, 7) is 1.22. The number of anilines is 1. The maximum absolute atomic E-state index is 16.0. The van der Waals surface area contributed by atoms with Crippen LogP contribution in [-0.4, -0.2) is 62.0 Å². The van der Waals surface area contributed by atoms with Gasteiger partial charge in [0.2, 0.25) is 0 Å². The third-order valence-electron chi connectivity index (χ3n) is 6.81. The number of aliphatic hydroxyl groups is 2. The number of rotatable bonds is 10. The van der Waals surface area contributed by atoms with Crippen molar-refractivity contribution >= 4 is 19.5 Å². The second kappa shape index (κ2) is 11.9. The minimum absolute atomic E-state index is 0.0800. The van der Waals surface area contributed by atoms with Gasteiger partial charge >= 0.3 is 19.4 Å². The Labute approximate surface area is 230 Å². The first-order valence-corrected chi connectivity index (χ1v) is 14.5. The van der Waals surface area contributed by atoms with Gasteiger partial charge in [0.25, 0.3) is 5.85 Å². The number of aliphatic hydroxyl groups excluding tert-OH is 1. The van der Waals surface area contributed by atoms with Gasteiger partial charge in [0.1, 0.15) is 42.0 Å². The summed E-state index contributed by atoms with van der Waals surface area (Å²) in [6, 6.07) is 7.86. The van der Waals surface area contributed by atoms with Gasteiger partial charge in [-0.15, -0.1) is 0 Å². The Morgan fingerprint density at radius 3 is 2.62 bits per heavy atom. The number of alkyl halides is 1. The molecule has 2 fully saturated rings. The lowest BCUT2D eigenvalue weighted by Gasteiger charge is -2.29. The molecule has 1 saturated heterocycles. The summed E-state index contributed by atoms with van der Waals surface area (Å²) in [4.78, 5) is 28.5. The monoisotopic (exact) mass is 584 g/mol. The number of halogens is 1. The zero-order chi connectivity index (χ0) is 29.1. The molecule has 2 heterocycles. The van der Waals surface area contributed by atoms with E-state index in [2.05, 4.69) is 10.1 Å². The van der Waals surface area contributed by atoms with Crippen molar-refractivity contribution in [1.82, 2.24) is 14.6 Å². The molecule has 1 aliphatic carbocycles. The lowest BCUT2D eigenvalue weighted by molar-refractivity contribution is -0.204. The van der Waals surface area contributed by atoms with Crippen LogP contribution < -0.4 is 21.0 Å². The van der Waals surface area contributed by atoms with Gasteiger partial charge in [0, 0.05) is 6.20 Å². The van der Waals surface area contributed by atoms with Crippen molar-refractivity contribution in [3.63, 3.8) is 0 Å². The predicted octanol–water partition coefficient (Wildman–Crippen LogP) is 2.19. The Morgan fingerprint density at radius 1 is 1.30 bits per heavy atom. The first-order chi connectivity index (χ1) is 18.8. The standard InChI is InChI=1S/C25H34FN4O9P/c1-16(20(31)37-17-9-5-3-6-10-17)29-40(35,39-18-11-7-4-8-12-18)36-15-25(26)21(32)24(2,34)22(38-25)30-14-13-19(27)28-23(30)33/h4,7-8,11-14,16-17,21-22,32,34H,3,5-6,9-10,15H2,1-2H3,(H,29,35)(H2,27,28,33)/t16-,21-,22+,24+,25+,40+/m0/s1. The SMILES string of the molecule is C[C@H](N[P@@](=O)(OC[C@@]1(F)O[C@@H](n2ccc(N)nc2=O)[C@](C)(O)[C@@H]1O)Oc1ccccc1)C(=O)OC1CCCCC1. The molecular formula is C25H34FN4O9P. The molecular weight excluding hydrogens is 550 g/mol. The van der Waals surface area contributed by atoms with E-state index in [4.69, 9.17) is 24.3 Å². The van der Waals surface area contributed by atoms with E-state index < -0.39 is 55.8 Å². The summed E-state index contributed by atoms with van der Waals surface area (Å²) in [6.07, 6.45) is 1.21. The van der Waals surface area contributed by atoms with Gasteiger partial charge in [-0.05, 0) is 57.7 Å². The fourth-order valence-corrected chi connectivity index (χ4v) is 6.12. The average molecular weight is 585 g/mol. The topological polar surface area (TPSA) is 184 Å². The number of para-hydroxylation sites is 1. The van der Waals surface area contributed by atoms with Gasteiger partial charge in [0.15, 0.2) is 6.23 Å². The Bertz CT molecular complexity index is 1290. The van der Waals surface area contributed by atoms with Crippen LogP contribution in [0.5, 0.6) is 5.75 Å². The highest BCUT2D eigenvalue weighted by atomic mass is 31.2. The van der Waals surface area contributed by atoms with Crippen LogP contribution in [0.2, 0.25) is 0 Å². The molecule has 2 aromatic rings. The first kappa shape index (κ1) is 30.1. The maximum Gasteiger partial charge on any atom is 0.459 e. The zero-order valence-electron chi connectivity index (χ0n) is 22.1. The van der Waals surface area contributed by atoms with E-state index >= 15 is 4.39 Å². The van der Waals surface area contributed by atoms with Crippen molar-refractivity contribution in [2.24, 2.45) is 0 Å². The highest BCUT2D eigenvalue weighted by molar-refractivity contribution is 7.52. The lowest BCUT2D eigenvalue weighted by Crippen LogP contribution is -2.50. The van der Waals surface area contributed by atoms with E-state index in [-0.39, 0.29) is 17.7 Å². The second-order valence-electron chi connectivity index (χ2n) is 10.1. The van der Waals surface area contributed by atoms with E-state index in [1.54, 1.807) is 18.2 Å². The number of aromatic nitrogens is 2. The molecule has 0 unspecified atom stereocenters. The summed E-state index contributed by atoms with van der Waals surface area (Å²) in [5.41, 5.74) is 2.17. The molecule has 1 saturated carbocycles. The molecule has 2 aliphatic rings. The van der Waals surface area contributed by atoms with E-state index in [9.17, 15) is 24.4 Å². The molecule has 15 heteroatoms. The normalized spacial score (nSPS) is 29.4. The highest BCUT2D eigenvalue weighted by Gasteiger charge is 2.64. The van der Waals surface area contributed by atoms with Crippen LogP contribution in [0.1, 0.15) is 52.2 Å². The molecule has 0 radical (unpaired) electrons. The zero-order valence-corrected chi connectivity index (χ0v) is 23.0. The molecule has 0 spiro atoms. The van der Waals surface area contributed by atoms with Crippen LogP contribution in [0.25, 0.3) is 0 Å². The summed E-state index contributed by atoms with van der Waals surface area (Å²) < 4.78 is 52.2. The van der Waals surface area contributed by atoms with Crippen LogP contribution in [-0.2, 0) is 23.4 Å². The molecule has 1 aromatic heterocycles. The Kier molecular flexibility index (Phi) is 8.98. The summed E-state index contributed by atoms with van der Waals surface area (Å²) in [5, 5.41) is 24.0. The number of hydrogen-bond donors (Lipinski definition) is 4. The summed E-state index contributed by atoms with van der Waals surface area (Å²) >= 11 is 0. The number of nitrogens with two attached hydrogens (primary N) is 1. The molecule has 40 heavy (non-hydrogen) atoms. The van der Waals surface area contributed by atoms with E-state index in [1.807, 2.05) is 0 Å². The molecule has 220 valence electrons. The Balaban J connectivity index is 1.52. The third-order valence-corrected chi connectivity index (χ3v) is 8.44. The van der Waals surface area contributed by atoms with Crippen LogP contribution in [0, 0.1) is 0 Å². The minimum Gasteiger partial charge on any atom is -0.461 e. The maximum atomic E-state index is 16.0. The quantitative estimate of drug-likeness (QED) is 0.236. The molecule has 4 rings (SSSR count). The van der Waals surface area contributed by atoms with Crippen LogP contribution >= 0.6 is 7.75 Å². The van der Waals surface area contributed by atoms with E-state index in [1.165, 1.54) is 25.1 Å². The van der Waals surface area contributed by atoms with Gasteiger partial charge in [-0.1, -0.05) is 24.6 Å². The number of esters is 1. The minimum atomic E-state index is -4.54. The van der Waals surface area contributed by atoms with Crippen molar-refractivity contribution in [3.8, 4) is 5.75 Å². The number of carbonyl (C=O) groups is 1. The van der Waals surface area contributed by atoms with Crippen LogP contribution in [0.15, 0.2) is 47.4 Å². The van der Waals surface area contributed by atoms with Gasteiger partial charge in [0.05, 0.1) is 0 Å². The summed E-state index contributed by atoms with van der Waals surface area (Å²) in [5.74, 6) is -3.90. The third kappa shape index (κ3) is 6.70. The van der Waals surface area contributed by atoms with E-state index in [0.29, 0.717) is 0 Å². The number of ether oxygens (including phenoxy) is 2. The number of nitrogen functional groups attached to an aromatic ring is 1. The molecule has 1 aromatic carbocycles. The van der Waals surface area contributed by atoms with Gasteiger partial charge in [-0.2, -0.15) is 10.1 Å². The van der Waals surface area contributed by atoms with Gasteiger partial charge in [-0.25, -0.2) is 13.8 Å². The number of carbonyl (C=O) groups excluding carboxylic acids is 1. The molecule has 1 aliphatic heterocycles. The highest BCUT2D eigenvalue weighted by Crippen LogP contribution is 2.50. The van der Waals surface area contributed by atoms with Gasteiger partial charge < -0.3 is 29.9 Å². The van der Waals surface area contributed by atoms with Crippen molar-refractivity contribution in [2.75, 3.05) is 12.3 Å². The molecule has 0 amide bonds. The van der Waals surface area contributed by atoms with Crippen molar-refractivity contribution < 1.29 is 42.5 Å². The Morgan fingerprint density at radius 2 is 1.98 bits per heavy atom. The molecule has 0 bridgehead atoms. The van der Waals surface area contributed by atoms with E-state index in [0.717, 1.165) is 49.8 Å². The smallest absolute Gasteiger partial charge is 0.459 e. The fraction of sp³-hybridized carbons (Fsp3) is 0.560. The predicted molar refractivity (Wildman–Crippen MR) is 140 cm³/mol. The van der Waals surface area contributed by atoms with Gasteiger partial charge in [-0.3, -0.25) is 13.9 Å². The number of nitrogens with zero attached hydrogens (tertiary/aromatic N) is 2. The van der Waals surface area contributed by atoms with Crippen molar-refractivity contribution in [2.45, 2.75) is 81.9 Å².